The lowest BCUT2D eigenvalue weighted by molar-refractivity contribution is -0.143. The van der Waals surface area contributed by atoms with Crippen molar-refractivity contribution in [2.24, 2.45) is 5.92 Å². The van der Waals surface area contributed by atoms with Crippen molar-refractivity contribution in [2.45, 2.75) is 98.9 Å². The summed E-state index contributed by atoms with van der Waals surface area (Å²) < 4.78 is 5.42. The number of nitrogens with zero attached hydrogens (tertiary/aromatic N) is 1. The van der Waals surface area contributed by atoms with Crippen LogP contribution in [0.25, 0.3) is 10.8 Å². The number of nitrogens with one attached hydrogen (secondary N) is 2. The van der Waals surface area contributed by atoms with Crippen molar-refractivity contribution in [3.63, 3.8) is 0 Å². The molecule has 0 spiro atoms. The van der Waals surface area contributed by atoms with E-state index in [1.54, 1.807) is 32.6 Å². The van der Waals surface area contributed by atoms with Gasteiger partial charge in [0.2, 0.25) is 5.91 Å². The molecule has 0 saturated heterocycles. The van der Waals surface area contributed by atoms with Crippen LogP contribution in [-0.2, 0) is 14.3 Å². The van der Waals surface area contributed by atoms with Crippen molar-refractivity contribution in [3.8, 4) is 0 Å². The minimum atomic E-state index is -0.922. The largest absolute Gasteiger partial charge is 0.444 e. The number of benzene rings is 3. The number of aryl methyl sites for hydroxylation is 2. The summed E-state index contributed by atoms with van der Waals surface area (Å²) in [5.41, 5.74) is 2.66. The lowest BCUT2D eigenvalue weighted by Gasteiger charge is -2.38. The molecule has 2 N–H and O–H groups in total. The predicted molar refractivity (Wildman–Crippen MR) is 170 cm³/mol. The van der Waals surface area contributed by atoms with Gasteiger partial charge in [-0.1, -0.05) is 67.9 Å². The molecule has 7 heteroatoms. The summed E-state index contributed by atoms with van der Waals surface area (Å²) in [6, 6.07) is 17.5. The van der Waals surface area contributed by atoms with Gasteiger partial charge < -0.3 is 20.3 Å². The van der Waals surface area contributed by atoms with Crippen LogP contribution in [0, 0.1) is 19.8 Å². The smallest absolute Gasteiger partial charge is 0.408 e. The highest BCUT2D eigenvalue weighted by molar-refractivity contribution is 6.00. The predicted octanol–water partition coefficient (Wildman–Crippen LogP) is 7.70. The van der Waals surface area contributed by atoms with Crippen LogP contribution in [0.1, 0.15) is 84.0 Å². The second-order valence-corrected chi connectivity index (χ2v) is 12.7. The van der Waals surface area contributed by atoms with E-state index < -0.39 is 23.8 Å². The molecule has 3 amide bonds. The van der Waals surface area contributed by atoms with Gasteiger partial charge >= 0.3 is 6.09 Å². The lowest BCUT2D eigenvalue weighted by atomic mass is 9.93. The Hall–Kier alpha value is -3.87. The van der Waals surface area contributed by atoms with E-state index in [0.717, 1.165) is 33.9 Å². The molecular weight excluding hydrogens is 526 g/mol. The van der Waals surface area contributed by atoms with Gasteiger partial charge in [0.15, 0.2) is 0 Å². The van der Waals surface area contributed by atoms with E-state index in [1.165, 1.54) is 0 Å². The number of fused-ring (bicyclic) bond motifs is 1. The fraction of sp³-hybridized carbons (Fsp3) is 0.457. The average Bonchev–Trinajstić information content (AvgIpc) is 2.89. The van der Waals surface area contributed by atoms with E-state index in [-0.39, 0.29) is 17.9 Å². The third-order valence-corrected chi connectivity index (χ3v) is 7.26. The molecule has 3 rings (SSSR count). The van der Waals surface area contributed by atoms with Crippen molar-refractivity contribution < 1.29 is 19.1 Å². The number of rotatable bonds is 10. The number of hydrogen-bond acceptors (Lipinski definition) is 4. The van der Waals surface area contributed by atoms with Gasteiger partial charge in [-0.15, -0.1) is 0 Å². The Bertz CT molecular complexity index is 1410. The number of alkyl carbamates (subject to hydrolysis) is 1. The summed E-state index contributed by atoms with van der Waals surface area (Å²) in [6.45, 7) is 17.2. The first kappa shape index (κ1) is 32.6. The van der Waals surface area contributed by atoms with E-state index in [2.05, 4.69) is 24.5 Å². The topological polar surface area (TPSA) is 87.7 Å². The van der Waals surface area contributed by atoms with E-state index in [0.29, 0.717) is 18.0 Å². The zero-order chi connectivity index (χ0) is 31.2. The Morgan fingerprint density at radius 2 is 1.52 bits per heavy atom. The number of hydrogen-bond donors (Lipinski definition) is 2. The third kappa shape index (κ3) is 8.81. The molecule has 3 aromatic rings. The van der Waals surface area contributed by atoms with E-state index in [1.807, 2.05) is 81.4 Å². The number of anilines is 1. The molecule has 3 aromatic carbocycles. The van der Waals surface area contributed by atoms with Gasteiger partial charge in [-0.05, 0) is 101 Å². The third-order valence-electron chi connectivity index (χ3n) is 7.26. The standard InChI is InChI=1S/C35H47N3O4/c1-22(2)14-16-25(5)38(33(40)26(6)36-34(41)42-35(7,8)9)31(30-19-15-23(3)20-24(30)4)32(39)37-29-18-17-27-12-10-11-13-28(27)21-29/h10-13,15,17-22,25-26,31H,14,16H2,1-9H3,(H,36,41)(H,37,39). The molecule has 7 nitrogen and oxygen atoms in total. The first-order valence-electron chi connectivity index (χ1n) is 14.8. The number of amides is 3. The first-order valence-corrected chi connectivity index (χ1v) is 14.8. The van der Waals surface area contributed by atoms with E-state index in [9.17, 15) is 14.4 Å². The molecule has 0 aliphatic heterocycles. The van der Waals surface area contributed by atoms with Gasteiger partial charge in [0.05, 0.1) is 0 Å². The lowest BCUT2D eigenvalue weighted by Crippen LogP contribution is -2.54. The Labute approximate surface area is 251 Å². The van der Waals surface area contributed by atoms with Crippen LogP contribution in [0.2, 0.25) is 0 Å². The average molecular weight is 574 g/mol. The van der Waals surface area contributed by atoms with Crippen LogP contribution in [0.5, 0.6) is 0 Å². The fourth-order valence-corrected chi connectivity index (χ4v) is 5.11. The van der Waals surface area contributed by atoms with Gasteiger partial charge in [0.25, 0.3) is 5.91 Å². The maximum Gasteiger partial charge on any atom is 0.408 e. The van der Waals surface area contributed by atoms with Crippen LogP contribution in [-0.4, -0.2) is 40.5 Å². The summed E-state index contributed by atoms with van der Waals surface area (Å²) >= 11 is 0. The highest BCUT2D eigenvalue weighted by Crippen LogP contribution is 2.31. The molecule has 42 heavy (non-hydrogen) atoms. The van der Waals surface area contributed by atoms with Crippen LogP contribution >= 0.6 is 0 Å². The molecule has 3 atom stereocenters. The molecule has 226 valence electrons. The Morgan fingerprint density at radius 1 is 0.857 bits per heavy atom. The van der Waals surface area contributed by atoms with Gasteiger partial charge in [0.1, 0.15) is 17.7 Å². The normalized spacial score (nSPS) is 13.8. The number of ether oxygens (including phenoxy) is 1. The summed E-state index contributed by atoms with van der Waals surface area (Å²) in [5, 5.41) is 7.86. The Balaban J connectivity index is 2.06. The number of carbonyl (C=O) groups is 3. The minimum Gasteiger partial charge on any atom is -0.444 e. The van der Waals surface area contributed by atoms with Crippen molar-refractivity contribution in [1.82, 2.24) is 10.2 Å². The van der Waals surface area contributed by atoms with Crippen LogP contribution in [0.15, 0.2) is 60.7 Å². The van der Waals surface area contributed by atoms with Crippen LogP contribution in [0.3, 0.4) is 0 Å². The van der Waals surface area contributed by atoms with Gasteiger partial charge in [-0.2, -0.15) is 0 Å². The molecule has 0 heterocycles. The van der Waals surface area contributed by atoms with Crippen molar-refractivity contribution in [2.75, 3.05) is 5.32 Å². The molecule has 0 aliphatic carbocycles. The zero-order valence-corrected chi connectivity index (χ0v) is 26.6. The highest BCUT2D eigenvalue weighted by Gasteiger charge is 2.38. The monoisotopic (exact) mass is 573 g/mol. The van der Waals surface area contributed by atoms with Gasteiger partial charge in [-0.3, -0.25) is 9.59 Å². The molecule has 0 bridgehead atoms. The summed E-state index contributed by atoms with van der Waals surface area (Å²) in [7, 11) is 0. The summed E-state index contributed by atoms with van der Waals surface area (Å²) in [5.74, 6) is -0.241. The molecule has 0 aromatic heterocycles. The molecule has 0 fully saturated rings. The van der Waals surface area contributed by atoms with E-state index >= 15 is 0 Å². The van der Waals surface area contributed by atoms with Crippen LogP contribution < -0.4 is 10.6 Å². The second kappa shape index (κ2) is 13.9. The van der Waals surface area contributed by atoms with Crippen molar-refractivity contribution in [3.05, 3.63) is 77.4 Å². The molecular formula is C35H47N3O4. The molecule has 0 radical (unpaired) electrons. The van der Waals surface area contributed by atoms with Crippen molar-refractivity contribution in [1.29, 1.82) is 0 Å². The first-order chi connectivity index (χ1) is 19.7. The second-order valence-electron chi connectivity index (χ2n) is 12.7. The molecule has 0 saturated carbocycles. The van der Waals surface area contributed by atoms with Gasteiger partial charge in [-0.25, -0.2) is 4.79 Å². The Morgan fingerprint density at radius 3 is 2.14 bits per heavy atom. The quantitative estimate of drug-likeness (QED) is 0.260. The Kier molecular flexibility index (Phi) is 10.8. The maximum atomic E-state index is 14.3. The molecule has 0 aliphatic rings. The molecule has 3 unspecified atom stereocenters. The minimum absolute atomic E-state index is 0.282. The maximum absolute atomic E-state index is 14.3. The fourth-order valence-electron chi connectivity index (χ4n) is 5.11. The number of carbonyl (C=O) groups excluding carboxylic acids is 3. The van der Waals surface area contributed by atoms with Crippen LogP contribution in [0.4, 0.5) is 10.5 Å². The summed E-state index contributed by atoms with van der Waals surface area (Å²) in [6.07, 6.45) is 0.902. The zero-order valence-electron chi connectivity index (χ0n) is 26.6. The van der Waals surface area contributed by atoms with Crippen molar-refractivity contribution >= 4 is 34.4 Å². The van der Waals surface area contributed by atoms with Gasteiger partial charge in [0, 0.05) is 11.7 Å². The SMILES string of the molecule is Cc1ccc(C(C(=O)Nc2ccc3ccccc3c2)N(C(=O)C(C)NC(=O)OC(C)(C)C)C(C)CCC(C)C)c(C)c1. The summed E-state index contributed by atoms with van der Waals surface area (Å²) in [4.78, 5) is 42.8. The van der Waals surface area contributed by atoms with E-state index in [4.69, 9.17) is 4.74 Å². The highest BCUT2D eigenvalue weighted by atomic mass is 16.6.